The van der Waals surface area contributed by atoms with Gasteiger partial charge in [0.05, 0.1) is 11.4 Å². The van der Waals surface area contributed by atoms with E-state index in [2.05, 4.69) is 192 Å². The number of aliphatic hydroxyl groups is 4. The molecule has 2 aromatic heterocycles. The van der Waals surface area contributed by atoms with Gasteiger partial charge in [0.2, 0.25) is 0 Å². The van der Waals surface area contributed by atoms with Crippen molar-refractivity contribution in [1.29, 1.82) is 0 Å². The van der Waals surface area contributed by atoms with E-state index in [0.717, 1.165) is 121 Å². The molecule has 6 N–H and O–H groups in total. The molecular formula is C60H52N2O4S. The smallest absolute Gasteiger partial charge is 0.0544 e. The zero-order valence-electron chi connectivity index (χ0n) is 37.2. The molecule has 0 amide bonds. The van der Waals surface area contributed by atoms with Gasteiger partial charge < -0.3 is 30.4 Å². The highest BCUT2D eigenvalue weighted by atomic mass is 32.2. The predicted molar refractivity (Wildman–Crippen MR) is 276 cm³/mol. The van der Waals surface area contributed by atoms with Crippen molar-refractivity contribution in [2.75, 3.05) is 26.4 Å². The summed E-state index contributed by atoms with van der Waals surface area (Å²) in [5.41, 5.74) is 19.8. The summed E-state index contributed by atoms with van der Waals surface area (Å²) in [5, 5.41) is 40.6. The second kappa shape index (κ2) is 19.9. The number of benzene rings is 8. The van der Waals surface area contributed by atoms with Crippen molar-refractivity contribution in [3.8, 4) is 67.0 Å². The van der Waals surface area contributed by atoms with E-state index >= 15 is 0 Å². The maximum absolute atomic E-state index is 9.62. The van der Waals surface area contributed by atoms with Crippen LogP contribution in [0.5, 0.6) is 0 Å². The van der Waals surface area contributed by atoms with Gasteiger partial charge in [0, 0.05) is 69.2 Å². The summed E-state index contributed by atoms with van der Waals surface area (Å²) < 4.78 is 0. The largest absolute Gasteiger partial charge is 0.396 e. The number of aromatic amines is 2. The first-order valence-electron chi connectivity index (χ1n) is 23.0. The highest BCUT2D eigenvalue weighted by Gasteiger charge is 2.21. The lowest BCUT2D eigenvalue weighted by atomic mass is 9.92. The maximum Gasteiger partial charge on any atom is 0.0544 e. The summed E-state index contributed by atoms with van der Waals surface area (Å²) in [6.45, 7) is 0.470. The summed E-state index contributed by atoms with van der Waals surface area (Å²) in [6.07, 6.45) is 2.49. The van der Waals surface area contributed by atoms with Gasteiger partial charge in [-0.15, -0.1) is 0 Å². The fourth-order valence-electron chi connectivity index (χ4n) is 9.40. The van der Waals surface area contributed by atoms with Gasteiger partial charge in [-0.2, -0.15) is 0 Å². The third-order valence-corrected chi connectivity index (χ3v) is 13.8. The number of aromatic nitrogens is 2. The Morgan fingerprint density at radius 3 is 0.925 bits per heavy atom. The van der Waals surface area contributed by atoms with Gasteiger partial charge in [0.15, 0.2) is 0 Å². The van der Waals surface area contributed by atoms with Crippen LogP contribution in [0.3, 0.4) is 0 Å². The van der Waals surface area contributed by atoms with Crippen LogP contribution in [0, 0.1) is 0 Å². The van der Waals surface area contributed by atoms with E-state index in [1.807, 2.05) is 0 Å². The van der Waals surface area contributed by atoms with Crippen LogP contribution in [-0.4, -0.2) is 56.8 Å². The SMILES string of the molecule is OCCc1ccc(-c2cccc3[nH]c(-c4ccc(Sc5ccc(-c6[nH]c7cccc(-c8ccc(CCO)cc8)c7c6-c6ccc(CCO)cc6)cc5)cc4)c(-c4ccc(CCO)cc4)c23)cc1. The molecule has 10 aromatic rings. The van der Waals surface area contributed by atoms with Crippen LogP contribution in [0.2, 0.25) is 0 Å². The van der Waals surface area contributed by atoms with Gasteiger partial charge in [-0.1, -0.05) is 157 Å². The van der Waals surface area contributed by atoms with E-state index in [4.69, 9.17) is 0 Å². The van der Waals surface area contributed by atoms with E-state index in [9.17, 15) is 20.4 Å². The van der Waals surface area contributed by atoms with Gasteiger partial charge in [0.25, 0.3) is 0 Å². The fraction of sp³-hybridized carbons (Fsp3) is 0.133. The van der Waals surface area contributed by atoms with Crippen LogP contribution >= 0.6 is 11.8 Å². The molecule has 10 rings (SSSR count). The lowest BCUT2D eigenvalue weighted by molar-refractivity contribution is 0.299. The Balaban J connectivity index is 0.977. The lowest BCUT2D eigenvalue weighted by Gasteiger charge is -2.12. The summed E-state index contributed by atoms with van der Waals surface area (Å²) in [5.74, 6) is 0. The normalized spacial score (nSPS) is 11.5. The minimum absolute atomic E-state index is 0.112. The summed E-state index contributed by atoms with van der Waals surface area (Å²) in [6, 6.07) is 64.6. The average Bonchev–Trinajstić information content (AvgIpc) is 3.96. The van der Waals surface area contributed by atoms with Crippen molar-refractivity contribution in [3.05, 3.63) is 204 Å². The van der Waals surface area contributed by atoms with Gasteiger partial charge in [-0.25, -0.2) is 0 Å². The van der Waals surface area contributed by atoms with Gasteiger partial charge in [-0.05, 0) is 129 Å². The molecule has 7 heteroatoms. The molecule has 0 saturated heterocycles. The van der Waals surface area contributed by atoms with Crippen LogP contribution in [-0.2, 0) is 25.7 Å². The van der Waals surface area contributed by atoms with Crippen LogP contribution in [0.1, 0.15) is 22.3 Å². The fourth-order valence-corrected chi connectivity index (χ4v) is 10.2. The van der Waals surface area contributed by atoms with Gasteiger partial charge in [-0.3, -0.25) is 0 Å². The first kappa shape index (κ1) is 43.9. The summed E-state index contributed by atoms with van der Waals surface area (Å²) >= 11 is 1.73. The molecule has 0 spiro atoms. The molecule has 6 nitrogen and oxygen atoms in total. The Bertz CT molecular complexity index is 3040. The molecule has 2 heterocycles. The van der Waals surface area contributed by atoms with E-state index in [-0.39, 0.29) is 26.4 Å². The molecule has 0 radical (unpaired) electrons. The number of rotatable bonds is 16. The molecule has 0 aliphatic carbocycles. The molecule has 0 bridgehead atoms. The van der Waals surface area contributed by atoms with Crippen LogP contribution in [0.15, 0.2) is 192 Å². The molecule has 0 aliphatic heterocycles. The summed E-state index contributed by atoms with van der Waals surface area (Å²) in [4.78, 5) is 9.88. The quantitative estimate of drug-likeness (QED) is 0.0578. The minimum atomic E-state index is 0.112. The predicted octanol–water partition coefficient (Wildman–Crippen LogP) is 12.9. The number of H-pyrrole nitrogens is 2. The molecule has 0 atom stereocenters. The zero-order valence-corrected chi connectivity index (χ0v) is 38.0. The zero-order chi connectivity index (χ0) is 45.7. The molecule has 0 saturated carbocycles. The first-order valence-corrected chi connectivity index (χ1v) is 23.8. The van der Waals surface area contributed by atoms with Crippen molar-refractivity contribution in [3.63, 3.8) is 0 Å². The van der Waals surface area contributed by atoms with Crippen molar-refractivity contribution >= 4 is 33.6 Å². The van der Waals surface area contributed by atoms with E-state index < -0.39 is 0 Å². The van der Waals surface area contributed by atoms with Crippen LogP contribution in [0.25, 0.3) is 88.8 Å². The maximum atomic E-state index is 9.62. The number of aliphatic hydroxyl groups excluding tert-OH is 4. The molecule has 0 aliphatic rings. The van der Waals surface area contributed by atoms with Crippen LogP contribution in [0.4, 0.5) is 0 Å². The minimum Gasteiger partial charge on any atom is -0.396 e. The summed E-state index contributed by atoms with van der Waals surface area (Å²) in [7, 11) is 0. The van der Waals surface area contributed by atoms with Crippen molar-refractivity contribution in [1.82, 2.24) is 9.97 Å². The monoisotopic (exact) mass is 896 g/mol. The number of fused-ring (bicyclic) bond motifs is 2. The third-order valence-electron chi connectivity index (χ3n) is 12.8. The van der Waals surface area contributed by atoms with E-state index in [1.54, 1.807) is 11.8 Å². The third kappa shape index (κ3) is 9.13. The topological polar surface area (TPSA) is 112 Å². The Labute approximate surface area is 395 Å². The number of hydrogen-bond donors (Lipinski definition) is 6. The highest BCUT2D eigenvalue weighted by Crippen LogP contribution is 2.46. The number of hydrogen-bond acceptors (Lipinski definition) is 5. The second-order valence-electron chi connectivity index (χ2n) is 17.0. The molecule has 0 fully saturated rings. The average molecular weight is 897 g/mol. The molecular weight excluding hydrogens is 845 g/mol. The molecule has 0 unspecified atom stereocenters. The van der Waals surface area contributed by atoms with Crippen molar-refractivity contribution < 1.29 is 20.4 Å². The van der Waals surface area contributed by atoms with E-state index in [0.29, 0.717) is 25.7 Å². The van der Waals surface area contributed by atoms with Crippen LogP contribution < -0.4 is 0 Å². The van der Waals surface area contributed by atoms with E-state index in [1.165, 1.54) is 0 Å². The Morgan fingerprint density at radius 1 is 0.313 bits per heavy atom. The Hall–Kier alpha value is -6.97. The first-order chi connectivity index (χ1) is 33.0. The standard InChI is InChI=1S/C60H52N2O4S/c63-35-31-39-7-15-43(16-8-39)51-3-1-5-53-57(51)55(45-19-11-41(12-20-45)33-37-65)59(61-53)47-23-27-49(28-24-47)67-50-29-25-48(26-30-50)60-56(46-21-13-42(14-22-46)34-38-66)58-52(4-2-6-54(58)62-60)44-17-9-40(10-18-44)32-36-64/h1-30,61-66H,31-38H2. The van der Waals surface area contributed by atoms with Crippen molar-refractivity contribution in [2.24, 2.45) is 0 Å². The Kier molecular flexibility index (Phi) is 13.0. The number of nitrogens with one attached hydrogen (secondary N) is 2. The van der Waals surface area contributed by atoms with Crippen molar-refractivity contribution in [2.45, 2.75) is 35.5 Å². The highest BCUT2D eigenvalue weighted by molar-refractivity contribution is 7.99. The molecule has 8 aromatic carbocycles. The Morgan fingerprint density at radius 2 is 0.612 bits per heavy atom. The second-order valence-corrected chi connectivity index (χ2v) is 18.2. The molecule has 67 heavy (non-hydrogen) atoms. The molecule has 332 valence electrons. The lowest BCUT2D eigenvalue weighted by Crippen LogP contribution is -1.91. The van der Waals surface area contributed by atoms with Gasteiger partial charge in [0.1, 0.15) is 0 Å². The van der Waals surface area contributed by atoms with Gasteiger partial charge >= 0.3 is 0 Å².